The van der Waals surface area contributed by atoms with E-state index in [0.29, 0.717) is 5.56 Å². The van der Waals surface area contributed by atoms with Crippen LogP contribution in [-0.2, 0) is 0 Å². The first-order chi connectivity index (χ1) is 6.79. The van der Waals surface area contributed by atoms with Crippen LogP contribution in [0.3, 0.4) is 0 Å². The van der Waals surface area contributed by atoms with E-state index in [0.717, 1.165) is 5.69 Å². The highest BCUT2D eigenvalue weighted by atomic mass is 16.2. The van der Waals surface area contributed by atoms with Crippen molar-refractivity contribution in [3.8, 4) is 0 Å². The first-order valence-corrected chi connectivity index (χ1v) is 4.38. The number of imidazole rings is 1. The minimum Gasteiger partial charge on any atom is -0.269 e. The Labute approximate surface area is 82.0 Å². The minimum atomic E-state index is -0.0411. The van der Waals surface area contributed by atoms with Crippen LogP contribution in [0.2, 0.25) is 0 Å². The van der Waals surface area contributed by atoms with E-state index in [4.69, 9.17) is 0 Å². The Morgan fingerprint density at radius 2 is 2.00 bits per heavy atom. The Bertz CT molecular complexity index is 445. The molecule has 70 valence electrons. The third-order valence-electron chi connectivity index (χ3n) is 2.06. The van der Waals surface area contributed by atoms with Crippen LogP contribution in [0.5, 0.6) is 0 Å². The molecule has 2 rings (SSSR count). The number of benzene rings is 1. The third-order valence-corrected chi connectivity index (χ3v) is 2.06. The molecule has 2 aromatic rings. The number of carbonyl (C=O) groups excluding carboxylic acids is 1. The molecule has 1 aromatic carbocycles. The van der Waals surface area contributed by atoms with Gasteiger partial charge in [-0.15, -0.1) is 0 Å². The molecule has 0 bridgehead atoms. The molecule has 0 radical (unpaired) electrons. The molecular formula is C11H10N2O. The summed E-state index contributed by atoms with van der Waals surface area (Å²) in [4.78, 5) is 15.8. The Morgan fingerprint density at radius 1 is 1.29 bits per heavy atom. The average Bonchev–Trinajstić information content (AvgIpc) is 2.65. The highest BCUT2D eigenvalue weighted by Gasteiger charge is 2.08. The van der Waals surface area contributed by atoms with Gasteiger partial charge >= 0.3 is 0 Å². The monoisotopic (exact) mass is 186 g/mol. The van der Waals surface area contributed by atoms with Crippen molar-refractivity contribution in [2.45, 2.75) is 6.92 Å². The smallest absolute Gasteiger partial charge is 0.263 e. The van der Waals surface area contributed by atoms with Crippen LogP contribution in [-0.4, -0.2) is 15.5 Å². The summed E-state index contributed by atoms with van der Waals surface area (Å²) in [5, 5.41) is 0. The zero-order valence-electron chi connectivity index (χ0n) is 7.84. The van der Waals surface area contributed by atoms with E-state index < -0.39 is 0 Å². The molecule has 3 nitrogen and oxygen atoms in total. The maximum Gasteiger partial charge on any atom is 0.263 e. The number of hydrogen-bond acceptors (Lipinski definition) is 2. The lowest BCUT2D eigenvalue weighted by Gasteiger charge is -2.02. The topological polar surface area (TPSA) is 34.9 Å². The van der Waals surface area contributed by atoms with Crippen LogP contribution in [0, 0.1) is 6.92 Å². The molecule has 3 heteroatoms. The molecule has 0 aliphatic heterocycles. The van der Waals surface area contributed by atoms with Crippen molar-refractivity contribution in [1.29, 1.82) is 0 Å². The Hall–Kier alpha value is -1.90. The van der Waals surface area contributed by atoms with Crippen molar-refractivity contribution in [2.24, 2.45) is 0 Å². The second-order valence-electron chi connectivity index (χ2n) is 3.08. The maximum absolute atomic E-state index is 11.9. The predicted octanol–water partition coefficient (Wildman–Crippen LogP) is 1.88. The second-order valence-corrected chi connectivity index (χ2v) is 3.08. The molecule has 0 saturated heterocycles. The largest absolute Gasteiger partial charge is 0.269 e. The van der Waals surface area contributed by atoms with Gasteiger partial charge in [-0.2, -0.15) is 0 Å². The van der Waals surface area contributed by atoms with E-state index in [1.165, 1.54) is 10.9 Å². The SMILES string of the molecule is Cc1cncn1C(=O)c1ccccc1. The van der Waals surface area contributed by atoms with Gasteiger partial charge in [0, 0.05) is 17.5 Å². The van der Waals surface area contributed by atoms with Gasteiger partial charge in [0.25, 0.3) is 5.91 Å². The van der Waals surface area contributed by atoms with Gasteiger partial charge in [0.1, 0.15) is 6.33 Å². The fourth-order valence-electron chi connectivity index (χ4n) is 1.29. The Balaban J connectivity index is 2.39. The fraction of sp³-hybridized carbons (Fsp3) is 0.0909. The quantitative estimate of drug-likeness (QED) is 0.681. The molecular weight excluding hydrogens is 176 g/mol. The van der Waals surface area contributed by atoms with Crippen molar-refractivity contribution in [1.82, 2.24) is 9.55 Å². The number of rotatable bonds is 1. The normalized spacial score (nSPS) is 10.1. The van der Waals surface area contributed by atoms with Gasteiger partial charge < -0.3 is 0 Å². The van der Waals surface area contributed by atoms with E-state index in [1.807, 2.05) is 25.1 Å². The van der Waals surface area contributed by atoms with Crippen molar-refractivity contribution in [3.63, 3.8) is 0 Å². The van der Waals surface area contributed by atoms with Gasteiger partial charge in [0.05, 0.1) is 0 Å². The summed E-state index contributed by atoms with van der Waals surface area (Å²) >= 11 is 0. The van der Waals surface area contributed by atoms with Crippen LogP contribution < -0.4 is 0 Å². The highest BCUT2D eigenvalue weighted by Crippen LogP contribution is 2.04. The summed E-state index contributed by atoms with van der Waals surface area (Å²) in [7, 11) is 0. The Morgan fingerprint density at radius 3 is 2.57 bits per heavy atom. The Kier molecular flexibility index (Phi) is 2.14. The van der Waals surface area contributed by atoms with Gasteiger partial charge in [0.15, 0.2) is 0 Å². The second kappa shape index (κ2) is 3.46. The first-order valence-electron chi connectivity index (χ1n) is 4.38. The van der Waals surface area contributed by atoms with Crippen molar-refractivity contribution < 1.29 is 4.79 Å². The lowest BCUT2D eigenvalue weighted by Crippen LogP contribution is -2.11. The van der Waals surface area contributed by atoms with E-state index in [1.54, 1.807) is 18.3 Å². The fourth-order valence-corrected chi connectivity index (χ4v) is 1.29. The van der Waals surface area contributed by atoms with Crippen LogP contribution in [0.4, 0.5) is 0 Å². The number of carbonyl (C=O) groups is 1. The van der Waals surface area contributed by atoms with E-state index in [-0.39, 0.29) is 5.91 Å². The predicted molar refractivity (Wildman–Crippen MR) is 53.1 cm³/mol. The molecule has 0 unspecified atom stereocenters. The zero-order valence-corrected chi connectivity index (χ0v) is 7.84. The summed E-state index contributed by atoms with van der Waals surface area (Å²) in [6, 6.07) is 9.17. The molecule has 0 aliphatic carbocycles. The molecule has 0 saturated carbocycles. The van der Waals surface area contributed by atoms with Crippen LogP contribution in [0.15, 0.2) is 42.9 Å². The zero-order chi connectivity index (χ0) is 9.97. The molecule has 0 amide bonds. The van der Waals surface area contributed by atoms with Gasteiger partial charge in [-0.3, -0.25) is 9.36 Å². The first kappa shape index (κ1) is 8.69. The number of aromatic nitrogens is 2. The number of aryl methyl sites for hydroxylation is 1. The molecule has 14 heavy (non-hydrogen) atoms. The molecule has 1 heterocycles. The van der Waals surface area contributed by atoms with Gasteiger partial charge in [-0.05, 0) is 19.1 Å². The third kappa shape index (κ3) is 1.44. The number of nitrogens with zero attached hydrogens (tertiary/aromatic N) is 2. The average molecular weight is 186 g/mol. The minimum absolute atomic E-state index is 0.0411. The van der Waals surface area contributed by atoms with Crippen molar-refractivity contribution in [3.05, 3.63) is 54.1 Å². The molecule has 0 aliphatic rings. The summed E-state index contributed by atoms with van der Waals surface area (Å²) in [5.41, 5.74) is 1.52. The maximum atomic E-state index is 11.9. The molecule has 0 spiro atoms. The molecule has 0 N–H and O–H groups in total. The van der Waals surface area contributed by atoms with Crippen LogP contribution >= 0.6 is 0 Å². The molecule has 0 fully saturated rings. The lowest BCUT2D eigenvalue weighted by atomic mass is 10.2. The van der Waals surface area contributed by atoms with Crippen molar-refractivity contribution >= 4 is 5.91 Å². The molecule has 0 atom stereocenters. The van der Waals surface area contributed by atoms with Crippen molar-refractivity contribution in [2.75, 3.05) is 0 Å². The van der Waals surface area contributed by atoms with Gasteiger partial charge in [-0.25, -0.2) is 4.98 Å². The standard InChI is InChI=1S/C11H10N2O/c1-9-7-12-8-13(9)11(14)10-5-3-2-4-6-10/h2-8H,1H3. The van der Waals surface area contributed by atoms with Crippen LogP contribution in [0.25, 0.3) is 0 Å². The summed E-state index contributed by atoms with van der Waals surface area (Å²) in [6.07, 6.45) is 3.20. The van der Waals surface area contributed by atoms with E-state index in [2.05, 4.69) is 4.98 Å². The summed E-state index contributed by atoms with van der Waals surface area (Å²) < 4.78 is 1.54. The number of hydrogen-bond donors (Lipinski definition) is 0. The highest BCUT2D eigenvalue weighted by molar-refractivity contribution is 5.96. The van der Waals surface area contributed by atoms with Gasteiger partial charge in [-0.1, -0.05) is 18.2 Å². The lowest BCUT2D eigenvalue weighted by molar-refractivity contribution is 0.0958. The van der Waals surface area contributed by atoms with Crippen LogP contribution in [0.1, 0.15) is 16.1 Å². The van der Waals surface area contributed by atoms with Gasteiger partial charge in [0.2, 0.25) is 0 Å². The molecule has 1 aromatic heterocycles. The summed E-state index contributed by atoms with van der Waals surface area (Å²) in [6.45, 7) is 1.86. The van der Waals surface area contributed by atoms with E-state index >= 15 is 0 Å². The van der Waals surface area contributed by atoms with E-state index in [9.17, 15) is 4.79 Å². The summed E-state index contributed by atoms with van der Waals surface area (Å²) in [5.74, 6) is -0.0411.